The number of rotatable bonds is 14. The van der Waals surface area contributed by atoms with E-state index in [2.05, 4.69) is 18.1 Å². The summed E-state index contributed by atoms with van der Waals surface area (Å²) in [6.45, 7) is 0. The molecule has 0 aliphatic carbocycles. The number of nitrogens with two attached hydrogens (primary N) is 2. The summed E-state index contributed by atoms with van der Waals surface area (Å²) in [4.78, 5) is 10.3. The van der Waals surface area contributed by atoms with Crippen LogP contribution in [-0.4, -0.2) is 16.7 Å². The molecule has 0 aliphatic heterocycles. The van der Waals surface area contributed by atoms with Gasteiger partial charge < -0.3 is 16.6 Å². The van der Waals surface area contributed by atoms with Gasteiger partial charge in [0, 0.05) is 12.8 Å². The summed E-state index contributed by atoms with van der Waals surface area (Å²) in [6.07, 6.45) is 20.2. The molecule has 0 heterocycles. The Bertz CT molecular complexity index is 357. The molecule has 0 fully saturated rings. The molecule has 0 aromatic carbocycles. The second-order valence-corrected chi connectivity index (χ2v) is 6.00. The van der Waals surface area contributed by atoms with Crippen LogP contribution in [0, 0.1) is 12.3 Å². The van der Waals surface area contributed by atoms with Gasteiger partial charge in [0.15, 0.2) is 0 Å². The molecule has 0 saturated carbocycles. The van der Waals surface area contributed by atoms with Crippen LogP contribution in [0.25, 0.3) is 0 Å². The summed E-state index contributed by atoms with van der Waals surface area (Å²) in [5.41, 5.74) is 11.4. The first-order chi connectivity index (χ1) is 10.5. The van der Waals surface area contributed by atoms with Crippen LogP contribution in [0.4, 0.5) is 0 Å². The molecule has 0 aromatic rings. The summed E-state index contributed by atoms with van der Waals surface area (Å²) in [7, 11) is 0. The highest BCUT2D eigenvalue weighted by atomic mass is 16.4. The molecule has 126 valence electrons. The van der Waals surface area contributed by atoms with Crippen LogP contribution in [0.1, 0.15) is 77.0 Å². The van der Waals surface area contributed by atoms with Crippen LogP contribution in [0.5, 0.6) is 0 Å². The Hall–Kier alpha value is -1.31. The Morgan fingerprint density at radius 1 is 1.00 bits per heavy atom. The molecule has 0 atom stereocenters. The fourth-order valence-electron chi connectivity index (χ4n) is 2.30. The van der Waals surface area contributed by atoms with E-state index >= 15 is 0 Å². The molecule has 0 radical (unpaired) electrons. The molecule has 0 spiro atoms. The highest BCUT2D eigenvalue weighted by Gasteiger charge is 2.16. The molecule has 4 heteroatoms. The molecule has 0 saturated heterocycles. The number of carboxylic acid groups (broad SMARTS) is 1. The molecule has 4 nitrogen and oxygen atoms in total. The Morgan fingerprint density at radius 2 is 1.64 bits per heavy atom. The van der Waals surface area contributed by atoms with Gasteiger partial charge >= 0.3 is 5.97 Å². The fourth-order valence-corrected chi connectivity index (χ4v) is 2.30. The predicted molar refractivity (Wildman–Crippen MR) is 92.1 cm³/mol. The average Bonchev–Trinajstić information content (AvgIpc) is 2.44. The Labute approximate surface area is 135 Å². The van der Waals surface area contributed by atoms with Gasteiger partial charge in [-0.05, 0) is 44.9 Å². The molecule has 0 aromatic heterocycles. The van der Waals surface area contributed by atoms with Gasteiger partial charge in [0.05, 0.1) is 5.66 Å². The van der Waals surface area contributed by atoms with Crippen molar-refractivity contribution in [2.75, 3.05) is 0 Å². The number of terminal acetylenes is 1. The molecular formula is C18H32N2O2. The van der Waals surface area contributed by atoms with Gasteiger partial charge in [-0.1, -0.05) is 31.4 Å². The Kier molecular flexibility index (Phi) is 12.6. The maximum atomic E-state index is 10.3. The Morgan fingerprint density at radius 3 is 2.32 bits per heavy atom. The third-order valence-electron chi connectivity index (χ3n) is 3.67. The highest BCUT2D eigenvalue weighted by molar-refractivity contribution is 5.66. The zero-order valence-corrected chi connectivity index (χ0v) is 13.7. The second-order valence-electron chi connectivity index (χ2n) is 6.00. The van der Waals surface area contributed by atoms with Crippen LogP contribution < -0.4 is 11.5 Å². The zero-order chi connectivity index (χ0) is 16.7. The molecule has 5 N–H and O–H groups in total. The summed E-state index contributed by atoms with van der Waals surface area (Å²) in [5, 5.41) is 8.52. The van der Waals surface area contributed by atoms with Crippen molar-refractivity contribution in [3.63, 3.8) is 0 Å². The lowest BCUT2D eigenvalue weighted by Crippen LogP contribution is -2.49. The molecular weight excluding hydrogens is 276 g/mol. The van der Waals surface area contributed by atoms with Gasteiger partial charge in [-0.2, -0.15) is 0 Å². The smallest absolute Gasteiger partial charge is 0.303 e. The van der Waals surface area contributed by atoms with Gasteiger partial charge in [0.1, 0.15) is 0 Å². The van der Waals surface area contributed by atoms with E-state index in [0.717, 1.165) is 70.6 Å². The largest absolute Gasteiger partial charge is 0.481 e. The standard InChI is InChI=1S/C18H32N2O2/c1-2-3-12-15-18(19,20)16-13-10-8-6-4-5-7-9-11-14-17(21)22/h1,8,10H,3-7,9,11-16,19-20H2,(H,21,22)/b10-8-. The van der Waals surface area contributed by atoms with Crippen molar-refractivity contribution >= 4 is 5.97 Å². The van der Waals surface area contributed by atoms with E-state index in [-0.39, 0.29) is 0 Å². The van der Waals surface area contributed by atoms with Crippen molar-refractivity contribution in [2.24, 2.45) is 11.5 Å². The maximum Gasteiger partial charge on any atom is 0.303 e. The predicted octanol–water partition coefficient (Wildman–Crippen LogP) is 3.56. The monoisotopic (exact) mass is 308 g/mol. The average molecular weight is 308 g/mol. The number of hydrogen-bond acceptors (Lipinski definition) is 3. The van der Waals surface area contributed by atoms with E-state index in [1.165, 1.54) is 0 Å². The van der Waals surface area contributed by atoms with Gasteiger partial charge in [0.2, 0.25) is 0 Å². The molecule has 0 amide bonds. The summed E-state index contributed by atoms with van der Waals surface area (Å²) in [5.74, 6) is 1.90. The number of hydrogen-bond donors (Lipinski definition) is 3. The lowest BCUT2D eigenvalue weighted by atomic mass is 9.98. The lowest BCUT2D eigenvalue weighted by molar-refractivity contribution is -0.137. The second kappa shape index (κ2) is 13.4. The van der Waals surface area contributed by atoms with Crippen LogP contribution >= 0.6 is 0 Å². The first-order valence-corrected chi connectivity index (χ1v) is 8.36. The lowest BCUT2D eigenvalue weighted by Gasteiger charge is -2.23. The molecule has 0 bridgehead atoms. The SMILES string of the molecule is C#CCCCC(N)(N)CC/C=C\CCCCCCCC(=O)O. The minimum Gasteiger partial charge on any atom is -0.481 e. The first kappa shape index (κ1) is 20.7. The van der Waals surface area contributed by atoms with Gasteiger partial charge in [0.25, 0.3) is 0 Å². The zero-order valence-electron chi connectivity index (χ0n) is 13.7. The van der Waals surface area contributed by atoms with Crippen LogP contribution in [0.3, 0.4) is 0 Å². The third kappa shape index (κ3) is 15.1. The molecule has 0 rings (SSSR count). The fraction of sp³-hybridized carbons (Fsp3) is 0.722. The molecule has 22 heavy (non-hydrogen) atoms. The third-order valence-corrected chi connectivity index (χ3v) is 3.67. The number of aliphatic carboxylic acids is 1. The van der Waals surface area contributed by atoms with E-state index in [0.29, 0.717) is 6.42 Å². The van der Waals surface area contributed by atoms with Crippen molar-refractivity contribution in [1.82, 2.24) is 0 Å². The normalized spacial score (nSPS) is 11.7. The van der Waals surface area contributed by atoms with Crippen molar-refractivity contribution in [2.45, 2.75) is 82.7 Å². The molecule has 0 aliphatic rings. The van der Waals surface area contributed by atoms with E-state index in [9.17, 15) is 4.79 Å². The van der Waals surface area contributed by atoms with Crippen LogP contribution in [0.15, 0.2) is 12.2 Å². The minimum absolute atomic E-state index is 0.293. The van der Waals surface area contributed by atoms with Gasteiger partial charge in [-0.15, -0.1) is 12.3 Å². The van der Waals surface area contributed by atoms with E-state index in [1.807, 2.05) is 0 Å². The number of carbonyl (C=O) groups is 1. The van der Waals surface area contributed by atoms with E-state index in [1.54, 1.807) is 0 Å². The molecule has 0 unspecified atom stereocenters. The van der Waals surface area contributed by atoms with Crippen LogP contribution in [-0.2, 0) is 4.79 Å². The number of unbranched alkanes of at least 4 members (excludes halogenated alkanes) is 6. The van der Waals surface area contributed by atoms with Crippen molar-refractivity contribution in [3.8, 4) is 12.3 Å². The first-order valence-electron chi connectivity index (χ1n) is 8.36. The van der Waals surface area contributed by atoms with Gasteiger partial charge in [-0.25, -0.2) is 0 Å². The summed E-state index contributed by atoms with van der Waals surface area (Å²) in [6, 6.07) is 0. The van der Waals surface area contributed by atoms with Crippen molar-refractivity contribution in [1.29, 1.82) is 0 Å². The topological polar surface area (TPSA) is 89.3 Å². The minimum atomic E-state index is -0.696. The summed E-state index contributed by atoms with van der Waals surface area (Å²) >= 11 is 0. The Balaban J connectivity index is 3.43. The summed E-state index contributed by atoms with van der Waals surface area (Å²) < 4.78 is 0. The number of carboxylic acids is 1. The van der Waals surface area contributed by atoms with Crippen LogP contribution in [0.2, 0.25) is 0 Å². The highest BCUT2D eigenvalue weighted by Crippen LogP contribution is 2.13. The van der Waals surface area contributed by atoms with Crippen molar-refractivity contribution in [3.05, 3.63) is 12.2 Å². The maximum absolute atomic E-state index is 10.3. The number of allylic oxidation sites excluding steroid dienone is 2. The quantitative estimate of drug-likeness (QED) is 0.198. The van der Waals surface area contributed by atoms with E-state index in [4.69, 9.17) is 23.0 Å². The van der Waals surface area contributed by atoms with Gasteiger partial charge in [-0.3, -0.25) is 4.79 Å². The van der Waals surface area contributed by atoms with Crippen molar-refractivity contribution < 1.29 is 9.90 Å². The van der Waals surface area contributed by atoms with E-state index < -0.39 is 11.6 Å².